The Morgan fingerprint density at radius 1 is 1.29 bits per heavy atom. The maximum Gasteiger partial charge on any atom is 0.191 e. The molecule has 2 N–H and O–H groups in total. The number of guanidine groups is 1. The Bertz CT molecular complexity index is 452. The third-order valence-corrected chi connectivity index (χ3v) is 3.10. The summed E-state index contributed by atoms with van der Waals surface area (Å²) < 4.78 is 15.6. The Labute approximate surface area is 162 Å². The summed E-state index contributed by atoms with van der Waals surface area (Å²) in [6, 6.07) is 1.96. The summed E-state index contributed by atoms with van der Waals surface area (Å²) in [7, 11) is 1.67. The highest BCUT2D eigenvalue weighted by atomic mass is 127. The maximum absolute atomic E-state index is 5.42. The zero-order valence-corrected chi connectivity index (χ0v) is 17.5. The van der Waals surface area contributed by atoms with Gasteiger partial charge < -0.3 is 24.6 Å². The van der Waals surface area contributed by atoms with E-state index in [2.05, 4.69) is 34.6 Å². The molecule has 1 aromatic heterocycles. The Morgan fingerprint density at radius 3 is 2.71 bits per heavy atom. The molecule has 0 radical (unpaired) electrons. The first-order valence-corrected chi connectivity index (χ1v) is 8.21. The Balaban J connectivity index is 0.00000529. The van der Waals surface area contributed by atoms with Crippen molar-refractivity contribution in [3.05, 3.63) is 17.5 Å². The Hall–Kier alpha value is -0.870. The van der Waals surface area contributed by atoms with E-state index in [-0.39, 0.29) is 24.0 Å². The monoisotopic (exact) mass is 454 g/mol. The number of nitrogens with zero attached hydrogens (tertiary/aromatic N) is 2. The molecule has 0 fully saturated rings. The summed E-state index contributed by atoms with van der Waals surface area (Å²) in [6.07, 6.45) is 0.911. The second-order valence-corrected chi connectivity index (χ2v) is 5.45. The first-order chi connectivity index (χ1) is 11.2. The number of methoxy groups -OCH3 is 1. The lowest BCUT2D eigenvalue weighted by molar-refractivity contribution is 0.0698. The first kappa shape index (κ1) is 23.1. The average Bonchev–Trinajstić information content (AvgIpc) is 3.01. The molecule has 1 rings (SSSR count). The van der Waals surface area contributed by atoms with Crippen LogP contribution in [-0.4, -0.2) is 51.1 Å². The van der Waals surface area contributed by atoms with Crippen molar-refractivity contribution in [2.24, 2.45) is 4.99 Å². The van der Waals surface area contributed by atoms with Crippen LogP contribution in [0.25, 0.3) is 0 Å². The van der Waals surface area contributed by atoms with E-state index in [1.807, 2.05) is 13.0 Å². The van der Waals surface area contributed by atoms with Crippen LogP contribution in [0.15, 0.2) is 15.6 Å². The molecule has 0 saturated carbocycles. The van der Waals surface area contributed by atoms with Crippen molar-refractivity contribution in [1.82, 2.24) is 15.8 Å². The van der Waals surface area contributed by atoms with Crippen LogP contribution in [-0.2, 0) is 16.0 Å². The zero-order chi connectivity index (χ0) is 16.9. The van der Waals surface area contributed by atoms with Crippen LogP contribution in [0.5, 0.6) is 0 Å². The van der Waals surface area contributed by atoms with Crippen molar-refractivity contribution >= 4 is 29.9 Å². The van der Waals surface area contributed by atoms with Crippen molar-refractivity contribution < 1.29 is 14.0 Å². The van der Waals surface area contributed by atoms with Gasteiger partial charge in [-0.25, -0.2) is 4.99 Å². The first-order valence-electron chi connectivity index (χ1n) is 8.21. The molecule has 0 unspecified atom stereocenters. The molecule has 0 aromatic carbocycles. The number of aromatic nitrogens is 1. The number of halogens is 1. The molecule has 0 bridgehead atoms. The third kappa shape index (κ3) is 10.1. The lowest BCUT2D eigenvalue weighted by Gasteiger charge is -2.10. The van der Waals surface area contributed by atoms with Crippen LogP contribution in [0, 0.1) is 0 Å². The maximum atomic E-state index is 5.42. The van der Waals surface area contributed by atoms with E-state index in [9.17, 15) is 0 Å². The van der Waals surface area contributed by atoms with E-state index in [4.69, 9.17) is 14.0 Å². The topological polar surface area (TPSA) is 80.9 Å². The van der Waals surface area contributed by atoms with Gasteiger partial charge in [0.2, 0.25) is 0 Å². The molecule has 8 heteroatoms. The molecule has 7 nitrogen and oxygen atoms in total. The number of hydrogen-bond donors (Lipinski definition) is 2. The fraction of sp³-hybridized carbons (Fsp3) is 0.750. The van der Waals surface area contributed by atoms with E-state index in [1.165, 1.54) is 0 Å². The summed E-state index contributed by atoms with van der Waals surface area (Å²) in [5, 5.41) is 10.5. The largest absolute Gasteiger partial charge is 0.382 e. The second kappa shape index (κ2) is 14.5. The summed E-state index contributed by atoms with van der Waals surface area (Å²) in [5.41, 5.74) is 0.960. The molecule has 0 aliphatic carbocycles. The van der Waals surface area contributed by atoms with Gasteiger partial charge in [-0.1, -0.05) is 19.0 Å². The van der Waals surface area contributed by atoms with Crippen LogP contribution in [0.2, 0.25) is 0 Å². The van der Waals surface area contributed by atoms with Gasteiger partial charge in [0.05, 0.1) is 18.9 Å². The number of aliphatic imine (C=N–C) groups is 1. The van der Waals surface area contributed by atoms with Gasteiger partial charge in [-0.05, 0) is 19.3 Å². The standard InChI is InChI=1S/C16H30N4O3.HI/c1-5-17-16(18-7-6-8-22-10-9-21-4)19-12-14-11-15(13(2)3)20-23-14;/h11,13H,5-10,12H2,1-4H3,(H2,17,18,19);1H. The quantitative estimate of drug-likeness (QED) is 0.232. The molecule has 140 valence electrons. The molecule has 0 aliphatic heterocycles. The van der Waals surface area contributed by atoms with Gasteiger partial charge in [-0.2, -0.15) is 0 Å². The molecular weight excluding hydrogens is 423 g/mol. The summed E-state index contributed by atoms with van der Waals surface area (Å²) in [4.78, 5) is 4.50. The minimum atomic E-state index is 0. The highest BCUT2D eigenvalue weighted by molar-refractivity contribution is 14.0. The zero-order valence-electron chi connectivity index (χ0n) is 15.1. The molecular formula is C16H31IN4O3. The van der Waals surface area contributed by atoms with Gasteiger partial charge in [-0.15, -0.1) is 24.0 Å². The van der Waals surface area contributed by atoms with Gasteiger partial charge >= 0.3 is 0 Å². The van der Waals surface area contributed by atoms with E-state index in [0.29, 0.717) is 32.3 Å². The van der Waals surface area contributed by atoms with E-state index in [1.54, 1.807) is 7.11 Å². The van der Waals surface area contributed by atoms with Crippen LogP contribution in [0.3, 0.4) is 0 Å². The van der Waals surface area contributed by atoms with Crippen LogP contribution < -0.4 is 10.6 Å². The molecule has 0 amide bonds. The molecule has 0 saturated heterocycles. The molecule has 0 aliphatic rings. The highest BCUT2D eigenvalue weighted by Gasteiger charge is 2.07. The molecule has 24 heavy (non-hydrogen) atoms. The van der Waals surface area contributed by atoms with Crippen molar-refractivity contribution in [3.63, 3.8) is 0 Å². The number of hydrogen-bond acceptors (Lipinski definition) is 5. The normalized spacial score (nSPS) is 11.5. The van der Waals surface area contributed by atoms with Gasteiger partial charge in [0.15, 0.2) is 11.7 Å². The van der Waals surface area contributed by atoms with Crippen LogP contribution in [0.4, 0.5) is 0 Å². The Kier molecular flexibility index (Phi) is 13.9. The number of rotatable bonds is 11. The third-order valence-electron chi connectivity index (χ3n) is 3.10. The second-order valence-electron chi connectivity index (χ2n) is 5.45. The SMILES string of the molecule is CCNC(=NCc1cc(C(C)C)no1)NCCCOCCOC.I. The lowest BCUT2D eigenvalue weighted by Crippen LogP contribution is -2.38. The molecule has 1 aromatic rings. The molecule has 0 spiro atoms. The number of ether oxygens (including phenoxy) is 2. The van der Waals surface area contributed by atoms with Gasteiger partial charge in [0.25, 0.3) is 0 Å². The summed E-state index contributed by atoms with van der Waals surface area (Å²) >= 11 is 0. The average molecular weight is 454 g/mol. The van der Waals surface area contributed by atoms with Crippen LogP contribution in [0.1, 0.15) is 44.6 Å². The van der Waals surface area contributed by atoms with E-state index < -0.39 is 0 Å². The fourth-order valence-electron chi connectivity index (χ4n) is 1.80. The van der Waals surface area contributed by atoms with E-state index >= 15 is 0 Å². The van der Waals surface area contributed by atoms with Gasteiger partial charge in [0.1, 0.15) is 6.54 Å². The Morgan fingerprint density at radius 2 is 2.08 bits per heavy atom. The van der Waals surface area contributed by atoms with E-state index in [0.717, 1.165) is 36.9 Å². The van der Waals surface area contributed by atoms with Gasteiger partial charge in [0, 0.05) is 32.9 Å². The predicted octanol–water partition coefficient (Wildman–Crippen LogP) is 2.52. The summed E-state index contributed by atoms with van der Waals surface area (Å²) in [6.45, 7) is 10.3. The minimum Gasteiger partial charge on any atom is -0.382 e. The lowest BCUT2D eigenvalue weighted by atomic mass is 10.1. The predicted molar refractivity (Wildman–Crippen MR) is 106 cm³/mol. The fourth-order valence-corrected chi connectivity index (χ4v) is 1.80. The smallest absolute Gasteiger partial charge is 0.191 e. The summed E-state index contributed by atoms with van der Waals surface area (Å²) in [5.74, 6) is 1.90. The van der Waals surface area contributed by atoms with Crippen molar-refractivity contribution in [3.8, 4) is 0 Å². The number of nitrogens with one attached hydrogen (secondary N) is 2. The molecule has 1 heterocycles. The molecule has 0 atom stereocenters. The minimum absolute atomic E-state index is 0. The van der Waals surface area contributed by atoms with Crippen LogP contribution >= 0.6 is 24.0 Å². The van der Waals surface area contributed by atoms with Crippen molar-refractivity contribution in [1.29, 1.82) is 0 Å². The van der Waals surface area contributed by atoms with Crippen molar-refractivity contribution in [2.75, 3.05) is 40.0 Å². The van der Waals surface area contributed by atoms with Crippen molar-refractivity contribution in [2.45, 2.75) is 39.7 Å². The highest BCUT2D eigenvalue weighted by Crippen LogP contribution is 2.14. The van der Waals surface area contributed by atoms with Gasteiger partial charge in [-0.3, -0.25) is 0 Å².